The zero-order valence-electron chi connectivity index (χ0n) is 24.0. The number of benzene rings is 3. The highest BCUT2D eigenvalue weighted by Crippen LogP contribution is 2.69. The number of imide groups is 1. The van der Waals surface area contributed by atoms with E-state index in [1.807, 2.05) is 30.3 Å². The SMILES string of the molecule is COc1ccc(N2C(=O)[C@H]3[C@H]4C[C@@H]([C@@H]3C2=O)[C@H]2[C@H](c3cc([N+](=O)[O-])ccc3OCc3ccccc3)c3sc(=O)[nH]c3S[C@H]42)cc1. The summed E-state index contributed by atoms with van der Waals surface area (Å²) in [6.45, 7) is 0.262. The molecule has 10 nitrogen and oxygen atoms in total. The number of aromatic nitrogens is 1. The van der Waals surface area contributed by atoms with Crippen molar-refractivity contribution in [3.05, 3.63) is 109 Å². The van der Waals surface area contributed by atoms with E-state index in [0.29, 0.717) is 29.2 Å². The minimum absolute atomic E-state index is 0.0622. The smallest absolute Gasteiger partial charge is 0.305 e. The van der Waals surface area contributed by atoms with E-state index >= 15 is 0 Å². The minimum atomic E-state index is -0.501. The highest BCUT2D eigenvalue weighted by molar-refractivity contribution is 8.00. The fourth-order valence-electron chi connectivity index (χ4n) is 8.11. The monoisotopic (exact) mass is 641 g/mol. The number of anilines is 1. The standard InChI is InChI=1S/C33H27N3O7S2/c1-42-19-10-7-17(8-11-19)35-31(37)26-21-14-22(27(26)32(35)38)28-25(21)24(29-30(44-28)34-33(39)45-29)20-13-18(36(40)41)9-12-23(20)43-15-16-5-3-2-4-6-16/h2-13,21-22,24-28H,14-15H2,1H3,(H,34,39)/t21-,22-,24+,25+,26+,27+,28-/m1/s1. The lowest BCUT2D eigenvalue weighted by molar-refractivity contribution is -0.385. The van der Waals surface area contributed by atoms with Crippen LogP contribution in [-0.4, -0.2) is 34.1 Å². The molecule has 2 amide bonds. The molecule has 8 rings (SSSR count). The van der Waals surface area contributed by atoms with Crippen LogP contribution in [0.5, 0.6) is 11.5 Å². The second-order valence-electron chi connectivity index (χ2n) is 11.9. The van der Waals surface area contributed by atoms with Crippen molar-refractivity contribution < 1.29 is 24.0 Å². The van der Waals surface area contributed by atoms with Crippen molar-refractivity contribution in [1.29, 1.82) is 0 Å². The molecule has 3 heterocycles. The van der Waals surface area contributed by atoms with Crippen LogP contribution in [-0.2, 0) is 16.2 Å². The predicted octanol–water partition coefficient (Wildman–Crippen LogP) is 5.61. The number of methoxy groups -OCH3 is 1. The molecule has 4 aliphatic rings. The molecule has 228 valence electrons. The first kappa shape index (κ1) is 28.1. The van der Waals surface area contributed by atoms with Crippen LogP contribution < -0.4 is 19.2 Å². The first-order valence-corrected chi connectivity index (χ1v) is 16.4. The zero-order chi connectivity index (χ0) is 31.0. The maximum atomic E-state index is 14.1. The topological polar surface area (TPSA) is 132 Å². The van der Waals surface area contributed by atoms with Crippen molar-refractivity contribution in [2.75, 3.05) is 12.0 Å². The number of ether oxygens (including phenoxy) is 2. The van der Waals surface area contributed by atoms with E-state index in [0.717, 1.165) is 26.8 Å². The second kappa shape index (κ2) is 10.6. The highest BCUT2D eigenvalue weighted by atomic mass is 32.2. The summed E-state index contributed by atoms with van der Waals surface area (Å²) < 4.78 is 11.6. The number of hydrogen-bond acceptors (Lipinski definition) is 9. The first-order chi connectivity index (χ1) is 21.8. The minimum Gasteiger partial charge on any atom is -0.497 e. The molecule has 4 aromatic rings. The molecular formula is C33H27N3O7S2. The number of fused-ring (bicyclic) bond motifs is 9. The van der Waals surface area contributed by atoms with Crippen LogP contribution in [0.15, 0.2) is 82.6 Å². The molecule has 2 aliphatic carbocycles. The number of rotatable bonds is 7. The molecule has 1 aromatic heterocycles. The maximum absolute atomic E-state index is 14.1. The number of nitrogens with zero attached hydrogens (tertiary/aromatic N) is 2. The molecule has 0 unspecified atom stereocenters. The van der Waals surface area contributed by atoms with E-state index in [-0.39, 0.29) is 52.0 Å². The Morgan fingerprint density at radius 3 is 2.42 bits per heavy atom. The van der Waals surface area contributed by atoms with Gasteiger partial charge in [0.15, 0.2) is 0 Å². The molecule has 12 heteroatoms. The largest absolute Gasteiger partial charge is 0.497 e. The van der Waals surface area contributed by atoms with Gasteiger partial charge in [0.2, 0.25) is 11.8 Å². The van der Waals surface area contributed by atoms with E-state index in [1.165, 1.54) is 11.0 Å². The summed E-state index contributed by atoms with van der Waals surface area (Å²) in [7, 11) is 1.56. The molecule has 7 atom stereocenters. The molecular weight excluding hydrogens is 615 g/mol. The van der Waals surface area contributed by atoms with Crippen LogP contribution in [0.3, 0.4) is 0 Å². The zero-order valence-corrected chi connectivity index (χ0v) is 25.6. The number of carbonyl (C=O) groups excluding carboxylic acids is 2. The van der Waals surface area contributed by atoms with Crippen LogP contribution in [0.4, 0.5) is 11.4 Å². The Bertz CT molecular complexity index is 1910. The van der Waals surface area contributed by atoms with Crippen LogP contribution in [0, 0.1) is 39.7 Å². The normalized spacial score (nSPS) is 27.7. The van der Waals surface area contributed by atoms with Crippen molar-refractivity contribution in [2.45, 2.75) is 29.2 Å². The Kier molecular flexibility index (Phi) is 6.61. The fourth-order valence-corrected chi connectivity index (χ4v) is 11.0. The Hall–Kier alpha value is -4.42. The van der Waals surface area contributed by atoms with E-state index in [2.05, 4.69) is 4.98 Å². The molecule has 3 aromatic carbocycles. The summed E-state index contributed by atoms with van der Waals surface area (Å²) in [5, 5.41) is 12.6. The van der Waals surface area contributed by atoms with Crippen LogP contribution >= 0.6 is 23.1 Å². The summed E-state index contributed by atoms with van der Waals surface area (Å²) in [5.74, 6) is -1.00. The number of aromatic amines is 1. The molecule has 3 fully saturated rings. The molecule has 0 radical (unpaired) electrons. The van der Waals surface area contributed by atoms with Crippen molar-refractivity contribution in [3.8, 4) is 11.5 Å². The number of nitro groups is 1. The van der Waals surface area contributed by atoms with E-state index in [4.69, 9.17) is 9.47 Å². The van der Waals surface area contributed by atoms with Crippen LogP contribution in [0.2, 0.25) is 0 Å². The highest BCUT2D eigenvalue weighted by Gasteiger charge is 2.70. The number of carbonyl (C=O) groups is 2. The van der Waals surface area contributed by atoms with Gasteiger partial charge in [-0.3, -0.25) is 29.4 Å². The lowest BCUT2D eigenvalue weighted by atomic mass is 9.68. The van der Waals surface area contributed by atoms with Gasteiger partial charge in [-0.1, -0.05) is 41.7 Å². The molecule has 1 N–H and O–H groups in total. The average molecular weight is 642 g/mol. The molecule has 2 saturated carbocycles. The number of nitrogens with one attached hydrogen (secondary N) is 1. The molecule has 0 spiro atoms. The fraction of sp³-hybridized carbons (Fsp3) is 0.303. The summed E-state index contributed by atoms with van der Waals surface area (Å²) in [5.41, 5.74) is 2.02. The molecule has 2 bridgehead atoms. The number of hydrogen-bond donors (Lipinski definition) is 1. The van der Waals surface area contributed by atoms with Crippen molar-refractivity contribution in [2.24, 2.45) is 29.6 Å². The third kappa shape index (κ3) is 4.33. The third-order valence-corrected chi connectivity index (χ3v) is 12.4. The van der Waals surface area contributed by atoms with Gasteiger partial charge in [-0.05, 0) is 60.1 Å². The van der Waals surface area contributed by atoms with Gasteiger partial charge in [0, 0.05) is 33.7 Å². The Balaban J connectivity index is 1.21. The van der Waals surface area contributed by atoms with Gasteiger partial charge in [-0.25, -0.2) is 0 Å². The Morgan fingerprint density at radius 1 is 0.978 bits per heavy atom. The van der Waals surface area contributed by atoms with E-state index < -0.39 is 22.7 Å². The van der Waals surface area contributed by atoms with Gasteiger partial charge in [0.25, 0.3) is 5.69 Å². The van der Waals surface area contributed by atoms with Crippen molar-refractivity contribution >= 4 is 46.3 Å². The molecule has 1 saturated heterocycles. The number of amides is 2. The number of non-ortho nitro benzene ring substituents is 1. The lowest BCUT2D eigenvalue weighted by Crippen LogP contribution is -2.42. The Morgan fingerprint density at radius 2 is 1.71 bits per heavy atom. The van der Waals surface area contributed by atoms with Crippen molar-refractivity contribution in [1.82, 2.24) is 4.98 Å². The Labute approximate surface area is 265 Å². The summed E-state index contributed by atoms with van der Waals surface area (Å²) in [6.07, 6.45) is 0.705. The van der Waals surface area contributed by atoms with Gasteiger partial charge in [0.05, 0.1) is 34.6 Å². The number of H-pyrrole nitrogens is 1. The summed E-state index contributed by atoms with van der Waals surface area (Å²) in [6, 6.07) is 21.2. The quantitative estimate of drug-likeness (QED) is 0.157. The summed E-state index contributed by atoms with van der Waals surface area (Å²) >= 11 is 2.68. The van der Waals surface area contributed by atoms with E-state index in [1.54, 1.807) is 55.3 Å². The third-order valence-electron chi connectivity index (χ3n) is 9.83. The lowest BCUT2D eigenvalue weighted by Gasteiger charge is -2.43. The summed E-state index contributed by atoms with van der Waals surface area (Å²) in [4.78, 5) is 57.2. The molecule has 2 aliphatic heterocycles. The van der Waals surface area contributed by atoms with Gasteiger partial charge in [-0.15, -0.1) is 11.8 Å². The molecule has 45 heavy (non-hydrogen) atoms. The first-order valence-electron chi connectivity index (χ1n) is 14.7. The van der Waals surface area contributed by atoms with Gasteiger partial charge >= 0.3 is 4.87 Å². The van der Waals surface area contributed by atoms with Crippen LogP contribution in [0.1, 0.15) is 28.3 Å². The number of thioether (sulfide) groups is 1. The van der Waals surface area contributed by atoms with Crippen molar-refractivity contribution in [3.63, 3.8) is 0 Å². The number of thiazole rings is 1. The number of nitro benzene ring substituents is 1. The average Bonchev–Trinajstić information content (AvgIpc) is 3.79. The van der Waals surface area contributed by atoms with E-state index in [9.17, 15) is 24.5 Å². The predicted molar refractivity (Wildman–Crippen MR) is 168 cm³/mol. The van der Waals surface area contributed by atoms with Crippen LogP contribution in [0.25, 0.3) is 0 Å². The van der Waals surface area contributed by atoms with Gasteiger partial charge in [0.1, 0.15) is 18.1 Å². The van der Waals surface area contributed by atoms with Gasteiger partial charge in [-0.2, -0.15) is 0 Å². The second-order valence-corrected chi connectivity index (χ2v) is 14.1. The van der Waals surface area contributed by atoms with Gasteiger partial charge < -0.3 is 14.5 Å². The maximum Gasteiger partial charge on any atom is 0.305 e.